The monoisotopic (exact) mass is 418 g/mol. The number of hydrogen-bond donors (Lipinski definition) is 2. The van der Waals surface area contributed by atoms with Gasteiger partial charge in [-0.1, -0.05) is 48.5 Å². The number of fused-ring (bicyclic) bond motifs is 2. The van der Waals surface area contributed by atoms with Gasteiger partial charge in [-0.25, -0.2) is 4.79 Å². The lowest BCUT2D eigenvalue weighted by atomic mass is 10.0. The number of hydrogen-bond acceptors (Lipinski definition) is 4. The lowest BCUT2D eigenvalue weighted by molar-refractivity contribution is -0.144. The van der Waals surface area contributed by atoms with Crippen molar-refractivity contribution in [1.29, 1.82) is 0 Å². The summed E-state index contributed by atoms with van der Waals surface area (Å²) in [6.45, 7) is 0. The van der Waals surface area contributed by atoms with Crippen LogP contribution >= 0.6 is 11.8 Å². The molecule has 0 radical (unpaired) electrons. The molecule has 0 spiro atoms. The van der Waals surface area contributed by atoms with Gasteiger partial charge in [0.05, 0.1) is 12.9 Å². The van der Waals surface area contributed by atoms with Crippen molar-refractivity contribution >= 4 is 45.3 Å². The Labute approximate surface area is 178 Å². The predicted molar refractivity (Wildman–Crippen MR) is 121 cm³/mol. The van der Waals surface area contributed by atoms with E-state index in [9.17, 15) is 9.59 Å². The smallest absolute Gasteiger partial charge is 0.328 e. The summed E-state index contributed by atoms with van der Waals surface area (Å²) in [6, 6.07) is 21.4. The molecule has 1 unspecified atom stereocenters. The molecule has 5 nitrogen and oxygen atoms in total. The maximum atomic E-state index is 12.6. The zero-order valence-corrected chi connectivity index (χ0v) is 17.4. The molecule has 3 aromatic carbocycles. The van der Waals surface area contributed by atoms with Crippen molar-refractivity contribution in [1.82, 2.24) is 10.3 Å². The Morgan fingerprint density at radius 1 is 1.03 bits per heavy atom. The van der Waals surface area contributed by atoms with Crippen LogP contribution in [0.25, 0.3) is 21.7 Å². The first-order valence-electron chi connectivity index (χ1n) is 9.68. The summed E-state index contributed by atoms with van der Waals surface area (Å²) in [5.74, 6) is -0.438. The van der Waals surface area contributed by atoms with Crippen molar-refractivity contribution in [3.05, 3.63) is 78.5 Å². The highest BCUT2D eigenvalue weighted by Gasteiger charge is 2.23. The number of thioether (sulfide) groups is 1. The Balaban J connectivity index is 1.42. The van der Waals surface area contributed by atoms with Crippen molar-refractivity contribution in [3.8, 4) is 0 Å². The number of carbonyl (C=O) groups is 2. The Kier molecular flexibility index (Phi) is 6.05. The van der Waals surface area contributed by atoms with Crippen LogP contribution < -0.4 is 5.32 Å². The molecule has 1 amide bonds. The number of ether oxygens (including phenoxy) is 1. The van der Waals surface area contributed by atoms with E-state index in [1.54, 1.807) is 0 Å². The van der Waals surface area contributed by atoms with E-state index < -0.39 is 12.0 Å². The molecule has 1 heterocycles. The van der Waals surface area contributed by atoms with Crippen LogP contribution in [0.3, 0.4) is 0 Å². The molecule has 0 bridgehead atoms. The van der Waals surface area contributed by atoms with E-state index in [2.05, 4.69) is 22.4 Å². The van der Waals surface area contributed by atoms with Crippen LogP contribution in [-0.2, 0) is 20.7 Å². The predicted octanol–water partition coefficient (Wildman–Crippen LogP) is 4.31. The highest BCUT2D eigenvalue weighted by atomic mass is 32.2. The maximum absolute atomic E-state index is 12.6. The number of para-hydroxylation sites is 1. The first-order chi connectivity index (χ1) is 14.6. The molecule has 0 saturated carbocycles. The molecule has 0 saturated heterocycles. The minimum Gasteiger partial charge on any atom is -0.467 e. The van der Waals surface area contributed by atoms with Crippen molar-refractivity contribution in [2.24, 2.45) is 0 Å². The number of rotatable bonds is 7. The molecule has 4 aromatic rings. The molecular formula is C24H22N2O3S. The Morgan fingerprint density at radius 2 is 1.80 bits per heavy atom. The summed E-state index contributed by atoms with van der Waals surface area (Å²) >= 11 is 1.44. The fourth-order valence-corrected chi connectivity index (χ4v) is 4.25. The molecule has 4 rings (SSSR count). The van der Waals surface area contributed by atoms with Crippen molar-refractivity contribution < 1.29 is 14.3 Å². The van der Waals surface area contributed by atoms with Gasteiger partial charge in [-0.3, -0.25) is 4.79 Å². The van der Waals surface area contributed by atoms with Crippen LogP contribution in [0.4, 0.5) is 0 Å². The van der Waals surface area contributed by atoms with Crippen LogP contribution in [-0.4, -0.2) is 35.8 Å². The number of esters is 1. The quantitative estimate of drug-likeness (QED) is 0.346. The second-order valence-corrected chi connectivity index (χ2v) is 8.05. The highest BCUT2D eigenvalue weighted by Crippen LogP contribution is 2.24. The third kappa shape index (κ3) is 4.49. The van der Waals surface area contributed by atoms with E-state index in [4.69, 9.17) is 4.74 Å². The lowest BCUT2D eigenvalue weighted by Gasteiger charge is -2.16. The average molecular weight is 419 g/mol. The molecular weight excluding hydrogens is 396 g/mol. The van der Waals surface area contributed by atoms with Crippen molar-refractivity contribution in [3.63, 3.8) is 0 Å². The number of nitrogens with one attached hydrogen (secondary N) is 2. The summed E-state index contributed by atoms with van der Waals surface area (Å²) in [5, 5.41) is 6.16. The Hall–Kier alpha value is -3.25. The molecule has 0 aliphatic rings. The molecule has 0 fully saturated rings. The minimum absolute atomic E-state index is 0.205. The molecule has 2 N–H and O–H groups in total. The van der Waals surface area contributed by atoms with Gasteiger partial charge in [-0.05, 0) is 34.5 Å². The topological polar surface area (TPSA) is 71.2 Å². The van der Waals surface area contributed by atoms with Crippen LogP contribution in [0.1, 0.15) is 5.56 Å². The minimum atomic E-state index is -0.737. The van der Waals surface area contributed by atoms with Crippen molar-refractivity contribution in [2.75, 3.05) is 12.9 Å². The van der Waals surface area contributed by atoms with E-state index >= 15 is 0 Å². The van der Waals surface area contributed by atoms with Crippen LogP contribution in [0.5, 0.6) is 0 Å². The van der Waals surface area contributed by atoms with Gasteiger partial charge >= 0.3 is 5.97 Å². The zero-order chi connectivity index (χ0) is 20.9. The third-order valence-corrected chi connectivity index (χ3v) is 6.00. The molecule has 6 heteroatoms. The summed E-state index contributed by atoms with van der Waals surface area (Å²) in [4.78, 5) is 29.0. The Morgan fingerprint density at radius 3 is 2.63 bits per heavy atom. The maximum Gasteiger partial charge on any atom is 0.328 e. The SMILES string of the molecule is COC(=O)C(Cc1c[nH]c2ccccc12)NC(=O)CSc1ccc2ccccc2c1. The largest absolute Gasteiger partial charge is 0.467 e. The number of aromatic amines is 1. The molecule has 152 valence electrons. The fraction of sp³-hybridized carbons (Fsp3) is 0.167. The molecule has 1 aromatic heterocycles. The van der Waals surface area contributed by atoms with Gasteiger partial charge in [-0.2, -0.15) is 0 Å². The van der Waals surface area contributed by atoms with E-state index in [-0.39, 0.29) is 11.7 Å². The molecule has 30 heavy (non-hydrogen) atoms. The fourth-order valence-electron chi connectivity index (χ4n) is 3.50. The third-order valence-electron chi connectivity index (χ3n) is 5.01. The number of amides is 1. The average Bonchev–Trinajstić information content (AvgIpc) is 3.19. The second kappa shape index (κ2) is 9.05. The lowest BCUT2D eigenvalue weighted by Crippen LogP contribution is -2.43. The van der Waals surface area contributed by atoms with E-state index in [1.807, 2.05) is 60.8 Å². The van der Waals surface area contributed by atoms with Gasteiger partial charge in [0, 0.05) is 28.4 Å². The van der Waals surface area contributed by atoms with Gasteiger partial charge < -0.3 is 15.0 Å². The number of methoxy groups -OCH3 is 1. The zero-order valence-electron chi connectivity index (χ0n) is 16.6. The number of carbonyl (C=O) groups excluding carboxylic acids is 2. The van der Waals surface area contributed by atoms with Crippen LogP contribution in [0.2, 0.25) is 0 Å². The normalized spacial score (nSPS) is 12.0. The van der Waals surface area contributed by atoms with E-state index in [0.29, 0.717) is 6.42 Å². The van der Waals surface area contributed by atoms with Crippen molar-refractivity contribution in [2.45, 2.75) is 17.4 Å². The summed E-state index contributed by atoms with van der Waals surface area (Å²) in [5.41, 5.74) is 1.96. The Bertz CT molecular complexity index is 1200. The van der Waals surface area contributed by atoms with Gasteiger partial charge in [0.1, 0.15) is 6.04 Å². The van der Waals surface area contributed by atoms with E-state index in [1.165, 1.54) is 18.9 Å². The summed E-state index contributed by atoms with van der Waals surface area (Å²) in [7, 11) is 1.33. The molecule has 1 atom stereocenters. The van der Waals surface area contributed by atoms with Gasteiger partial charge in [0.2, 0.25) is 5.91 Å². The second-order valence-electron chi connectivity index (χ2n) is 7.00. The van der Waals surface area contributed by atoms with Crippen LogP contribution in [0, 0.1) is 0 Å². The molecule has 0 aliphatic heterocycles. The standard InChI is InChI=1S/C24H22N2O3S/c1-29-24(28)22(13-18-14-25-21-9-5-4-8-20(18)21)26-23(27)15-30-19-11-10-16-6-2-3-7-17(16)12-19/h2-12,14,22,25H,13,15H2,1H3,(H,26,27). The highest BCUT2D eigenvalue weighted by molar-refractivity contribution is 8.00. The summed E-state index contributed by atoms with van der Waals surface area (Å²) < 4.78 is 4.91. The van der Waals surface area contributed by atoms with Gasteiger partial charge in [0.15, 0.2) is 0 Å². The summed E-state index contributed by atoms with van der Waals surface area (Å²) in [6.07, 6.45) is 2.24. The number of aromatic nitrogens is 1. The number of H-pyrrole nitrogens is 1. The van der Waals surface area contributed by atoms with E-state index in [0.717, 1.165) is 32.1 Å². The van der Waals surface area contributed by atoms with Gasteiger partial charge in [-0.15, -0.1) is 11.8 Å². The molecule has 0 aliphatic carbocycles. The first kappa shape index (κ1) is 20.0. The first-order valence-corrected chi connectivity index (χ1v) is 10.7. The number of benzene rings is 3. The van der Waals surface area contributed by atoms with Gasteiger partial charge in [0.25, 0.3) is 0 Å². The van der Waals surface area contributed by atoms with Crippen LogP contribution in [0.15, 0.2) is 77.8 Å².